The SMILES string of the molecule is NC(CC1=CCCCC1)Cc1cccs1. The molecule has 82 valence electrons. The number of hydrogen-bond acceptors (Lipinski definition) is 2. The zero-order valence-electron chi connectivity index (χ0n) is 9.11. The van der Waals surface area contributed by atoms with Crippen molar-refractivity contribution in [1.82, 2.24) is 0 Å². The highest BCUT2D eigenvalue weighted by Gasteiger charge is 2.10. The zero-order chi connectivity index (χ0) is 10.5. The zero-order valence-corrected chi connectivity index (χ0v) is 9.93. The summed E-state index contributed by atoms with van der Waals surface area (Å²) in [6.45, 7) is 0. The first-order chi connectivity index (χ1) is 7.34. The Bertz CT molecular complexity index is 313. The third-order valence-corrected chi connectivity index (χ3v) is 3.85. The third-order valence-electron chi connectivity index (χ3n) is 2.95. The fourth-order valence-corrected chi connectivity index (χ4v) is 2.99. The Morgan fingerprint density at radius 2 is 2.27 bits per heavy atom. The number of allylic oxidation sites excluding steroid dienone is 1. The van der Waals surface area contributed by atoms with Gasteiger partial charge < -0.3 is 5.73 Å². The molecule has 1 aliphatic rings. The van der Waals surface area contributed by atoms with Crippen molar-refractivity contribution < 1.29 is 0 Å². The molecule has 0 saturated carbocycles. The van der Waals surface area contributed by atoms with E-state index in [2.05, 4.69) is 23.6 Å². The summed E-state index contributed by atoms with van der Waals surface area (Å²) in [7, 11) is 0. The van der Waals surface area contributed by atoms with Gasteiger partial charge in [0, 0.05) is 10.9 Å². The minimum absolute atomic E-state index is 0.313. The van der Waals surface area contributed by atoms with Crippen LogP contribution in [0.3, 0.4) is 0 Å². The van der Waals surface area contributed by atoms with Gasteiger partial charge in [0.15, 0.2) is 0 Å². The van der Waals surface area contributed by atoms with Crippen molar-refractivity contribution in [2.75, 3.05) is 0 Å². The van der Waals surface area contributed by atoms with Gasteiger partial charge in [-0.05, 0) is 50.0 Å². The maximum absolute atomic E-state index is 6.16. The smallest absolute Gasteiger partial charge is 0.0125 e. The molecule has 1 heterocycles. The summed E-state index contributed by atoms with van der Waals surface area (Å²) < 4.78 is 0. The van der Waals surface area contributed by atoms with E-state index in [1.54, 1.807) is 5.57 Å². The molecular formula is C13H19NS. The molecule has 1 aromatic rings. The van der Waals surface area contributed by atoms with Crippen LogP contribution in [0.15, 0.2) is 29.2 Å². The molecule has 0 fully saturated rings. The van der Waals surface area contributed by atoms with Gasteiger partial charge in [-0.15, -0.1) is 11.3 Å². The average Bonchev–Trinajstić information content (AvgIpc) is 2.71. The van der Waals surface area contributed by atoms with Gasteiger partial charge in [-0.2, -0.15) is 0 Å². The molecule has 1 aliphatic carbocycles. The van der Waals surface area contributed by atoms with Crippen LogP contribution in [0.25, 0.3) is 0 Å². The molecule has 0 aliphatic heterocycles. The van der Waals surface area contributed by atoms with E-state index in [0.29, 0.717) is 6.04 Å². The van der Waals surface area contributed by atoms with E-state index in [0.717, 1.165) is 12.8 Å². The van der Waals surface area contributed by atoms with Gasteiger partial charge in [0.1, 0.15) is 0 Å². The van der Waals surface area contributed by atoms with Crippen LogP contribution in [0.5, 0.6) is 0 Å². The Hall–Kier alpha value is -0.600. The second-order valence-corrected chi connectivity index (χ2v) is 5.39. The van der Waals surface area contributed by atoms with Crippen LogP contribution >= 0.6 is 11.3 Å². The molecule has 2 heteroatoms. The van der Waals surface area contributed by atoms with Crippen molar-refractivity contribution in [1.29, 1.82) is 0 Å². The average molecular weight is 221 g/mol. The van der Waals surface area contributed by atoms with Gasteiger partial charge in [0.25, 0.3) is 0 Å². The highest BCUT2D eigenvalue weighted by Crippen LogP contribution is 2.22. The molecule has 0 spiro atoms. The molecule has 2 N–H and O–H groups in total. The first-order valence-corrected chi connectivity index (χ1v) is 6.68. The Morgan fingerprint density at radius 3 is 2.93 bits per heavy atom. The van der Waals surface area contributed by atoms with Gasteiger partial charge in [0.05, 0.1) is 0 Å². The molecule has 1 nitrogen and oxygen atoms in total. The lowest BCUT2D eigenvalue weighted by Gasteiger charge is -2.16. The summed E-state index contributed by atoms with van der Waals surface area (Å²) in [4.78, 5) is 1.42. The fraction of sp³-hybridized carbons (Fsp3) is 0.538. The molecule has 0 bridgehead atoms. The summed E-state index contributed by atoms with van der Waals surface area (Å²) in [5, 5.41) is 2.13. The first-order valence-electron chi connectivity index (χ1n) is 5.80. The van der Waals surface area contributed by atoms with E-state index in [1.165, 1.54) is 30.6 Å². The van der Waals surface area contributed by atoms with Gasteiger partial charge in [-0.1, -0.05) is 17.7 Å². The Morgan fingerprint density at radius 1 is 1.33 bits per heavy atom. The molecule has 0 amide bonds. The fourth-order valence-electron chi connectivity index (χ4n) is 2.19. The highest BCUT2D eigenvalue weighted by molar-refractivity contribution is 7.09. The van der Waals surface area contributed by atoms with E-state index in [-0.39, 0.29) is 0 Å². The number of nitrogens with two attached hydrogens (primary N) is 1. The maximum atomic E-state index is 6.16. The largest absolute Gasteiger partial charge is 0.327 e. The first kappa shape index (κ1) is 10.9. The summed E-state index contributed by atoms with van der Waals surface area (Å²) in [5.41, 5.74) is 7.75. The normalized spacial score (nSPS) is 18.6. The van der Waals surface area contributed by atoms with E-state index in [1.807, 2.05) is 11.3 Å². The Kier molecular flexibility index (Phi) is 3.98. The summed E-state index contributed by atoms with van der Waals surface area (Å²) in [6, 6.07) is 4.60. The number of rotatable bonds is 4. The van der Waals surface area contributed by atoms with Crippen LogP contribution in [0.1, 0.15) is 37.0 Å². The van der Waals surface area contributed by atoms with Crippen molar-refractivity contribution in [3.05, 3.63) is 34.0 Å². The van der Waals surface area contributed by atoms with Crippen molar-refractivity contribution in [3.63, 3.8) is 0 Å². The Balaban J connectivity index is 1.81. The molecule has 0 radical (unpaired) electrons. The van der Waals surface area contributed by atoms with Crippen molar-refractivity contribution in [3.8, 4) is 0 Å². The summed E-state index contributed by atoms with van der Waals surface area (Å²) in [6.07, 6.45) is 9.80. The highest BCUT2D eigenvalue weighted by atomic mass is 32.1. The lowest BCUT2D eigenvalue weighted by atomic mass is 9.93. The molecule has 1 unspecified atom stereocenters. The third kappa shape index (κ3) is 3.47. The molecular weight excluding hydrogens is 202 g/mol. The van der Waals surface area contributed by atoms with Crippen LogP contribution in [0, 0.1) is 0 Å². The van der Waals surface area contributed by atoms with Crippen molar-refractivity contribution in [2.45, 2.75) is 44.6 Å². The standard InChI is InChI=1S/C13H19NS/c14-12(10-13-7-4-8-15-13)9-11-5-2-1-3-6-11/h4-5,7-8,12H,1-3,6,9-10,14H2. The maximum Gasteiger partial charge on any atom is 0.0125 e. The van der Waals surface area contributed by atoms with Gasteiger partial charge >= 0.3 is 0 Å². The predicted molar refractivity (Wildman–Crippen MR) is 67.2 cm³/mol. The molecule has 2 rings (SSSR count). The van der Waals surface area contributed by atoms with Gasteiger partial charge in [-0.25, -0.2) is 0 Å². The summed E-state index contributed by atoms with van der Waals surface area (Å²) in [5.74, 6) is 0. The molecule has 1 aromatic heterocycles. The lowest BCUT2D eigenvalue weighted by Crippen LogP contribution is -2.23. The molecule has 1 atom stereocenters. The van der Waals surface area contributed by atoms with Gasteiger partial charge in [0.2, 0.25) is 0 Å². The van der Waals surface area contributed by atoms with E-state index < -0.39 is 0 Å². The van der Waals surface area contributed by atoms with Crippen LogP contribution in [-0.4, -0.2) is 6.04 Å². The quantitative estimate of drug-likeness (QED) is 0.774. The minimum Gasteiger partial charge on any atom is -0.327 e. The van der Waals surface area contributed by atoms with Crippen molar-refractivity contribution >= 4 is 11.3 Å². The van der Waals surface area contributed by atoms with Crippen LogP contribution in [0.4, 0.5) is 0 Å². The predicted octanol–water partition coefficient (Wildman–Crippen LogP) is 3.51. The second-order valence-electron chi connectivity index (χ2n) is 4.36. The summed E-state index contributed by atoms with van der Waals surface area (Å²) >= 11 is 1.81. The van der Waals surface area contributed by atoms with E-state index in [9.17, 15) is 0 Å². The molecule has 0 saturated heterocycles. The van der Waals surface area contributed by atoms with E-state index in [4.69, 9.17) is 5.73 Å². The van der Waals surface area contributed by atoms with Gasteiger partial charge in [-0.3, -0.25) is 0 Å². The van der Waals surface area contributed by atoms with Crippen molar-refractivity contribution in [2.24, 2.45) is 5.73 Å². The minimum atomic E-state index is 0.313. The molecule has 0 aromatic carbocycles. The van der Waals surface area contributed by atoms with Crippen LogP contribution in [0.2, 0.25) is 0 Å². The number of hydrogen-bond donors (Lipinski definition) is 1. The molecule has 15 heavy (non-hydrogen) atoms. The van der Waals surface area contributed by atoms with Crippen LogP contribution in [-0.2, 0) is 6.42 Å². The second kappa shape index (κ2) is 5.47. The van der Waals surface area contributed by atoms with E-state index >= 15 is 0 Å². The monoisotopic (exact) mass is 221 g/mol. The number of thiophene rings is 1. The lowest BCUT2D eigenvalue weighted by molar-refractivity contribution is 0.608. The Labute approximate surface area is 96.0 Å². The topological polar surface area (TPSA) is 26.0 Å². The van der Waals surface area contributed by atoms with Crippen LogP contribution < -0.4 is 5.73 Å².